The molecule has 0 aliphatic rings. The monoisotopic (exact) mass is 1270 g/mol. The number of hydrogen-bond donors (Lipinski definition) is 0. The van der Waals surface area contributed by atoms with Crippen LogP contribution in [0.4, 0.5) is 0 Å². The highest BCUT2D eigenvalue weighted by Crippen LogP contribution is 2.32. The van der Waals surface area contributed by atoms with Crippen molar-refractivity contribution in [3.63, 3.8) is 0 Å². The molecule has 0 fully saturated rings. The lowest BCUT2D eigenvalue weighted by Crippen LogP contribution is -2.16. The van der Waals surface area contributed by atoms with Crippen LogP contribution in [0.25, 0.3) is 32.7 Å². The molecule has 2 unspecified atom stereocenters. The Morgan fingerprint density at radius 2 is 0.649 bits per heavy atom. The van der Waals surface area contributed by atoms with Gasteiger partial charge in [0.25, 0.3) is 0 Å². The molecule has 0 saturated heterocycles. The van der Waals surface area contributed by atoms with Crippen molar-refractivity contribution in [3.8, 4) is 23.6 Å². The molecule has 0 bridgehead atoms. The zero-order valence-electron chi connectivity index (χ0n) is 54.0. The van der Waals surface area contributed by atoms with E-state index in [0.717, 1.165) is 72.9 Å². The third-order valence-corrected chi connectivity index (χ3v) is 15.7. The second-order valence-corrected chi connectivity index (χ2v) is 22.0. The highest BCUT2D eigenvalue weighted by molar-refractivity contribution is 6.07. The lowest BCUT2D eigenvalue weighted by Gasteiger charge is -2.14. The molecule has 0 saturated carbocycles. The number of methoxy groups -OCH3 is 2. The molecule has 8 aromatic carbocycles. The fraction of sp³-hybridized carbons (Fsp3) is 0.282. The first-order valence-electron chi connectivity index (χ1n) is 31.5. The Kier molecular flexibility index (Phi) is 27.7. The van der Waals surface area contributed by atoms with Gasteiger partial charge in [-0.05, 0) is 141 Å². The van der Waals surface area contributed by atoms with Gasteiger partial charge in [0, 0.05) is 11.1 Å². The maximum atomic E-state index is 13.1. The van der Waals surface area contributed by atoms with E-state index in [9.17, 15) is 39.3 Å². The van der Waals surface area contributed by atoms with Crippen molar-refractivity contribution in [1.29, 1.82) is 10.5 Å². The largest absolute Gasteiger partial charge is 0.497 e. The summed E-state index contributed by atoms with van der Waals surface area (Å²) in [4.78, 5) is 77.0. The summed E-state index contributed by atoms with van der Waals surface area (Å²) < 4.78 is 43.0. The second kappa shape index (κ2) is 36.9. The highest BCUT2D eigenvalue weighted by atomic mass is 16.6. The minimum Gasteiger partial charge on any atom is -0.497 e. The van der Waals surface area contributed by atoms with Crippen LogP contribution in [0.5, 0.6) is 11.5 Å². The molecule has 94 heavy (non-hydrogen) atoms. The summed E-state index contributed by atoms with van der Waals surface area (Å²) in [6.45, 7) is 8.42. The fourth-order valence-electron chi connectivity index (χ4n) is 10.2. The summed E-state index contributed by atoms with van der Waals surface area (Å²) in [7, 11) is 3.11. The zero-order valence-corrected chi connectivity index (χ0v) is 54.0. The molecule has 16 nitrogen and oxygen atoms in total. The molecule has 0 heterocycles. The fourth-order valence-corrected chi connectivity index (χ4v) is 10.2. The minimum absolute atomic E-state index is 0.174. The molecule has 0 aromatic heterocycles. The molecular formula is C78H78N2O14. The second-order valence-electron chi connectivity index (χ2n) is 22.0. The van der Waals surface area contributed by atoms with Crippen LogP contribution in [0.15, 0.2) is 193 Å². The van der Waals surface area contributed by atoms with Crippen LogP contribution < -0.4 is 9.47 Å². The Morgan fingerprint density at radius 1 is 0.362 bits per heavy atom. The summed E-state index contributed by atoms with van der Waals surface area (Å²) in [6.07, 6.45) is 8.45. The van der Waals surface area contributed by atoms with Gasteiger partial charge in [0.15, 0.2) is 0 Å². The van der Waals surface area contributed by atoms with Crippen molar-refractivity contribution in [2.75, 3.05) is 53.9 Å². The molecule has 16 heteroatoms. The number of ether oxygens (including phenoxy) is 8. The van der Waals surface area contributed by atoms with Crippen molar-refractivity contribution in [1.82, 2.24) is 0 Å². The number of unbranched alkanes of at least 4 members (excludes halogenated alkanes) is 2. The van der Waals surface area contributed by atoms with Crippen LogP contribution in [0.1, 0.15) is 143 Å². The number of carbonyl (C=O) groups is 6. The quantitative estimate of drug-likeness (QED) is 0.0134. The number of hydrogen-bond acceptors (Lipinski definition) is 16. The molecular weight excluding hydrogens is 1190 g/mol. The van der Waals surface area contributed by atoms with Gasteiger partial charge >= 0.3 is 35.8 Å². The normalized spacial score (nSPS) is 12.0. The van der Waals surface area contributed by atoms with Gasteiger partial charge in [-0.1, -0.05) is 175 Å². The Labute approximate surface area is 549 Å². The molecule has 484 valence electrons. The first kappa shape index (κ1) is 70.6. The van der Waals surface area contributed by atoms with E-state index < -0.39 is 23.9 Å². The molecule has 0 N–H and O–H groups in total. The number of esters is 6. The van der Waals surface area contributed by atoms with Crippen LogP contribution in [0.3, 0.4) is 0 Å². The van der Waals surface area contributed by atoms with Crippen molar-refractivity contribution in [2.45, 2.75) is 79.1 Å². The van der Waals surface area contributed by atoms with Crippen LogP contribution in [-0.4, -0.2) is 89.7 Å². The summed E-state index contributed by atoms with van der Waals surface area (Å²) >= 11 is 0. The highest BCUT2D eigenvalue weighted by Gasteiger charge is 2.23. The van der Waals surface area contributed by atoms with E-state index in [2.05, 4.69) is 27.7 Å². The van der Waals surface area contributed by atoms with Gasteiger partial charge in [0.2, 0.25) is 0 Å². The molecule has 0 radical (unpaired) electrons. The molecule has 8 rings (SSSR count). The van der Waals surface area contributed by atoms with Crippen molar-refractivity contribution < 1.29 is 66.7 Å². The van der Waals surface area contributed by atoms with Crippen LogP contribution in [-0.2, 0) is 38.0 Å². The van der Waals surface area contributed by atoms with Gasteiger partial charge in [-0.15, -0.1) is 0 Å². The smallest absolute Gasteiger partial charge is 0.349 e. The van der Waals surface area contributed by atoms with E-state index in [-0.39, 0.29) is 49.5 Å². The number of nitriles is 2. The van der Waals surface area contributed by atoms with Crippen molar-refractivity contribution in [3.05, 3.63) is 238 Å². The van der Waals surface area contributed by atoms with Gasteiger partial charge in [-0.2, -0.15) is 10.5 Å². The maximum Gasteiger partial charge on any atom is 0.349 e. The number of fused-ring (bicyclic) bond motifs is 2. The molecule has 0 aliphatic carbocycles. The van der Waals surface area contributed by atoms with E-state index in [1.165, 1.54) is 0 Å². The average molecular weight is 1270 g/mol. The third kappa shape index (κ3) is 20.1. The van der Waals surface area contributed by atoms with E-state index >= 15 is 0 Å². The molecule has 0 spiro atoms. The van der Waals surface area contributed by atoms with Crippen LogP contribution in [0.2, 0.25) is 0 Å². The van der Waals surface area contributed by atoms with E-state index in [4.69, 9.17) is 37.9 Å². The lowest BCUT2D eigenvalue weighted by molar-refractivity contribution is -0.140. The minimum atomic E-state index is -0.829. The maximum absolute atomic E-state index is 13.1. The number of benzene rings is 8. The average Bonchev–Trinajstić information content (AvgIpc) is 0.857. The first-order valence-corrected chi connectivity index (χ1v) is 31.5. The molecule has 2 atom stereocenters. The van der Waals surface area contributed by atoms with Gasteiger partial charge in [0.05, 0.1) is 49.7 Å². The Bertz CT molecular complexity index is 3770. The number of rotatable bonds is 30. The SMILES string of the molecule is CCCCC(CC)COC(=O)c1ccc2cc(C(=O)OCCOC(=O)/C(C#N)=C(/c3ccccc3)c3ccc(OC)cc3)ccc2c1.CCCCC(CC)COC(=O)c1ccc2cc(C(=O)OCCOC(=O)/C(C#N)=C(\c3ccccc3)c3ccc(OC)cc3)ccc2c1. The predicted octanol–water partition coefficient (Wildman–Crippen LogP) is 15.9. The zero-order chi connectivity index (χ0) is 67.2. The summed E-state index contributed by atoms with van der Waals surface area (Å²) in [5.41, 5.74) is 4.64. The topological polar surface area (TPSA) is 224 Å². The lowest BCUT2D eigenvalue weighted by atomic mass is 9.93. The van der Waals surface area contributed by atoms with Gasteiger partial charge in [-0.25, -0.2) is 28.8 Å². The van der Waals surface area contributed by atoms with Gasteiger partial charge in [0.1, 0.15) is 61.2 Å². The van der Waals surface area contributed by atoms with E-state index in [0.29, 0.717) is 92.2 Å². The standard InChI is InChI=1S/2C39H39NO7/c2*1-4-6-10-27(5-2)26-47-38(42)33-16-14-30-23-32(15-13-31(30)24-33)37(41)45-21-22-46-39(43)35(25-40)36(28-11-8-7-9-12-28)29-17-19-34(44-3)20-18-29/h2*7-9,11-20,23-24,27H,4-6,10,21-22,26H2,1-3H3/b36-35+;36-35-. The van der Waals surface area contributed by atoms with Crippen LogP contribution in [0, 0.1) is 34.5 Å². The van der Waals surface area contributed by atoms with E-state index in [1.807, 2.05) is 48.5 Å². The number of nitrogens with zero attached hydrogens (tertiary/aromatic N) is 2. The molecule has 8 aromatic rings. The molecule has 0 aliphatic heterocycles. The predicted molar refractivity (Wildman–Crippen MR) is 360 cm³/mol. The van der Waals surface area contributed by atoms with Gasteiger partial charge in [-0.3, -0.25) is 0 Å². The summed E-state index contributed by atoms with van der Waals surface area (Å²) in [6, 6.07) is 56.6. The Morgan fingerprint density at radius 3 is 0.936 bits per heavy atom. The molecule has 0 amide bonds. The van der Waals surface area contributed by atoms with Gasteiger partial charge < -0.3 is 37.9 Å². The van der Waals surface area contributed by atoms with E-state index in [1.54, 1.807) is 160 Å². The third-order valence-electron chi connectivity index (χ3n) is 15.7. The summed E-state index contributed by atoms with van der Waals surface area (Å²) in [5, 5.41) is 23.0. The Balaban J connectivity index is 0.000000266. The summed E-state index contributed by atoms with van der Waals surface area (Å²) in [5.74, 6) is -1.60. The van der Waals surface area contributed by atoms with Crippen LogP contribution >= 0.6 is 0 Å². The number of carbonyl (C=O) groups excluding carboxylic acids is 6. The van der Waals surface area contributed by atoms with Crippen molar-refractivity contribution >= 4 is 68.5 Å². The first-order chi connectivity index (χ1) is 45.8. The Hall–Kier alpha value is -10.8. The van der Waals surface area contributed by atoms with Crippen molar-refractivity contribution in [2.24, 2.45) is 11.8 Å².